The molecule has 4 heteroatoms. The van der Waals surface area contributed by atoms with Gasteiger partial charge in [0.2, 0.25) is 0 Å². The van der Waals surface area contributed by atoms with Crippen molar-refractivity contribution >= 4 is 55.7 Å². The quantitative estimate of drug-likeness (QED) is 0.524. The van der Waals surface area contributed by atoms with Crippen LogP contribution in [0.1, 0.15) is 6.42 Å². The van der Waals surface area contributed by atoms with Crippen LogP contribution in [0.15, 0.2) is 79.6 Å². The van der Waals surface area contributed by atoms with E-state index in [9.17, 15) is 0 Å². The summed E-state index contributed by atoms with van der Waals surface area (Å²) in [6.45, 7) is 0. The van der Waals surface area contributed by atoms with Gasteiger partial charge in [-0.1, -0.05) is 37.9 Å². The number of allylic oxidation sites excluding steroid dienone is 2. The van der Waals surface area contributed by atoms with Gasteiger partial charge >= 0.3 is 0 Å². The maximum absolute atomic E-state index is 4.37. The molecule has 2 aromatic rings. The Morgan fingerprint density at radius 2 is 1.29 bits per heavy atom. The van der Waals surface area contributed by atoms with E-state index < -0.39 is 0 Å². The molecule has 0 spiro atoms. The summed E-state index contributed by atoms with van der Waals surface area (Å²) in [5, 5.41) is 0. The molecule has 0 atom stereocenters. The summed E-state index contributed by atoms with van der Waals surface area (Å²) >= 11 is 6.79. The van der Waals surface area contributed by atoms with Crippen LogP contribution < -0.4 is 0 Å². The third kappa shape index (κ3) is 6.19. The molecule has 2 rings (SSSR count). The highest BCUT2D eigenvalue weighted by Crippen LogP contribution is 2.17. The van der Waals surface area contributed by atoms with Crippen LogP contribution in [0.2, 0.25) is 0 Å². The van der Waals surface area contributed by atoms with Crippen molar-refractivity contribution in [2.24, 2.45) is 9.98 Å². The maximum atomic E-state index is 4.37. The topological polar surface area (TPSA) is 24.7 Å². The second kappa shape index (κ2) is 8.70. The molecular formula is C17H14Br2N2. The van der Waals surface area contributed by atoms with E-state index in [1.54, 1.807) is 6.21 Å². The zero-order chi connectivity index (χ0) is 14.9. The molecule has 0 saturated heterocycles. The van der Waals surface area contributed by atoms with Crippen LogP contribution >= 0.6 is 31.9 Å². The summed E-state index contributed by atoms with van der Waals surface area (Å²) < 4.78 is 2.12. The number of nitrogens with zero attached hydrogens (tertiary/aromatic N) is 2. The van der Waals surface area contributed by atoms with Crippen LogP contribution in [0.3, 0.4) is 0 Å². The van der Waals surface area contributed by atoms with Gasteiger partial charge in [0.25, 0.3) is 0 Å². The Labute approximate surface area is 141 Å². The zero-order valence-corrected chi connectivity index (χ0v) is 14.5. The van der Waals surface area contributed by atoms with Crippen molar-refractivity contribution in [1.82, 2.24) is 0 Å². The molecule has 0 radical (unpaired) electrons. The van der Waals surface area contributed by atoms with E-state index in [-0.39, 0.29) is 0 Å². The van der Waals surface area contributed by atoms with Gasteiger partial charge in [-0.15, -0.1) is 0 Å². The van der Waals surface area contributed by atoms with E-state index >= 15 is 0 Å². The molecule has 0 aliphatic rings. The smallest absolute Gasteiger partial charge is 0.0630 e. The highest BCUT2D eigenvalue weighted by Gasteiger charge is 1.87. The van der Waals surface area contributed by atoms with Crippen LogP contribution in [0.5, 0.6) is 0 Å². The Hall–Kier alpha value is -1.52. The predicted octanol–water partition coefficient (Wildman–Crippen LogP) is 6.26. The van der Waals surface area contributed by atoms with Crippen LogP contribution in [0, 0.1) is 0 Å². The first-order chi connectivity index (χ1) is 10.2. The molecule has 0 heterocycles. The summed E-state index contributed by atoms with van der Waals surface area (Å²) in [6.07, 6.45) is 8.40. The molecule has 0 unspecified atom stereocenters. The van der Waals surface area contributed by atoms with Gasteiger partial charge in [-0.2, -0.15) is 0 Å². The van der Waals surface area contributed by atoms with Crippen LogP contribution in [0.4, 0.5) is 11.4 Å². The fraction of sp³-hybridized carbons (Fsp3) is 0.0588. The third-order valence-electron chi connectivity index (χ3n) is 2.58. The highest BCUT2D eigenvalue weighted by atomic mass is 79.9. The SMILES string of the molecule is Brc1ccc(N=C/C=C/CC=Nc2ccc(Br)cc2)cc1. The van der Waals surface area contributed by atoms with Gasteiger partial charge in [-0.25, -0.2) is 0 Å². The van der Waals surface area contributed by atoms with Crippen molar-refractivity contribution in [3.05, 3.63) is 69.6 Å². The summed E-state index contributed by atoms with van der Waals surface area (Å²) in [6, 6.07) is 15.8. The second-order valence-corrected chi connectivity index (χ2v) is 6.04. The fourth-order valence-corrected chi connectivity index (χ4v) is 2.07. The lowest BCUT2D eigenvalue weighted by Crippen LogP contribution is -1.72. The molecule has 0 fully saturated rings. The van der Waals surface area contributed by atoms with Gasteiger partial charge in [0.1, 0.15) is 0 Å². The second-order valence-electron chi connectivity index (χ2n) is 4.21. The molecule has 0 aliphatic heterocycles. The molecule has 0 N–H and O–H groups in total. The number of rotatable bonds is 5. The first-order valence-electron chi connectivity index (χ1n) is 6.47. The first kappa shape index (κ1) is 15.9. The molecule has 2 aromatic carbocycles. The predicted molar refractivity (Wildman–Crippen MR) is 98.3 cm³/mol. The van der Waals surface area contributed by atoms with E-state index in [0.717, 1.165) is 26.7 Å². The third-order valence-corrected chi connectivity index (χ3v) is 3.64. The average Bonchev–Trinajstić information content (AvgIpc) is 2.50. The van der Waals surface area contributed by atoms with Gasteiger partial charge in [0.05, 0.1) is 11.4 Å². The summed E-state index contributed by atoms with van der Waals surface area (Å²) in [5.74, 6) is 0. The van der Waals surface area contributed by atoms with E-state index in [2.05, 4.69) is 41.8 Å². The van der Waals surface area contributed by atoms with Crippen molar-refractivity contribution < 1.29 is 0 Å². The van der Waals surface area contributed by atoms with E-state index in [0.29, 0.717) is 0 Å². The van der Waals surface area contributed by atoms with Crippen molar-refractivity contribution in [3.63, 3.8) is 0 Å². The molecule has 0 saturated carbocycles. The minimum atomic E-state index is 0.780. The first-order valence-corrected chi connectivity index (χ1v) is 8.05. The number of aliphatic imine (C=N–C) groups is 2. The number of halogens is 2. The van der Waals surface area contributed by atoms with Crippen LogP contribution in [-0.2, 0) is 0 Å². The Morgan fingerprint density at radius 3 is 1.86 bits per heavy atom. The maximum Gasteiger partial charge on any atom is 0.0630 e. The normalized spacial score (nSPS) is 11.9. The molecule has 21 heavy (non-hydrogen) atoms. The Bertz CT molecular complexity index is 641. The van der Waals surface area contributed by atoms with Gasteiger partial charge in [0.15, 0.2) is 0 Å². The minimum absolute atomic E-state index is 0.780. The average molecular weight is 406 g/mol. The Balaban J connectivity index is 1.77. The van der Waals surface area contributed by atoms with Gasteiger partial charge < -0.3 is 0 Å². The molecule has 0 amide bonds. The largest absolute Gasteiger partial charge is 0.261 e. The summed E-state index contributed by atoms with van der Waals surface area (Å²) in [5.41, 5.74) is 1.89. The zero-order valence-electron chi connectivity index (χ0n) is 11.3. The lowest BCUT2D eigenvalue weighted by atomic mass is 10.3. The van der Waals surface area contributed by atoms with E-state index in [1.807, 2.05) is 66.9 Å². The molecule has 106 valence electrons. The monoisotopic (exact) mass is 404 g/mol. The fourth-order valence-electron chi connectivity index (χ4n) is 1.54. The van der Waals surface area contributed by atoms with Crippen LogP contribution in [-0.4, -0.2) is 12.4 Å². The van der Waals surface area contributed by atoms with Gasteiger partial charge in [-0.05, 0) is 54.6 Å². The van der Waals surface area contributed by atoms with Crippen molar-refractivity contribution in [1.29, 1.82) is 0 Å². The molecule has 0 bridgehead atoms. The summed E-state index contributed by atoms with van der Waals surface area (Å²) in [7, 11) is 0. The molecular weight excluding hydrogens is 392 g/mol. The number of hydrogen-bond donors (Lipinski definition) is 0. The Morgan fingerprint density at radius 1 is 0.762 bits per heavy atom. The lowest BCUT2D eigenvalue weighted by Gasteiger charge is -1.92. The van der Waals surface area contributed by atoms with Crippen molar-refractivity contribution in [2.75, 3.05) is 0 Å². The van der Waals surface area contributed by atoms with Gasteiger partial charge in [-0.3, -0.25) is 9.98 Å². The lowest BCUT2D eigenvalue weighted by molar-refractivity contribution is 1.45. The Kier molecular flexibility index (Phi) is 6.57. The standard InChI is InChI=1S/C17H14Br2N2/c18-14-4-8-16(9-5-14)20-12-2-1-3-13-21-17-10-6-15(19)7-11-17/h1-2,4-13H,3H2/b2-1+,20-12?,21-13?. The minimum Gasteiger partial charge on any atom is -0.261 e. The van der Waals surface area contributed by atoms with E-state index in [1.165, 1.54) is 0 Å². The number of hydrogen-bond acceptors (Lipinski definition) is 2. The highest BCUT2D eigenvalue weighted by molar-refractivity contribution is 9.10. The van der Waals surface area contributed by atoms with Crippen molar-refractivity contribution in [3.8, 4) is 0 Å². The number of benzene rings is 2. The summed E-state index contributed by atoms with van der Waals surface area (Å²) in [4.78, 5) is 8.70. The molecule has 0 aliphatic carbocycles. The van der Waals surface area contributed by atoms with Gasteiger partial charge in [0, 0.05) is 27.8 Å². The van der Waals surface area contributed by atoms with Crippen LogP contribution in [0.25, 0.3) is 0 Å². The molecule has 2 nitrogen and oxygen atoms in total. The van der Waals surface area contributed by atoms with E-state index in [4.69, 9.17) is 0 Å². The molecule has 0 aromatic heterocycles. The van der Waals surface area contributed by atoms with Crippen molar-refractivity contribution in [2.45, 2.75) is 6.42 Å².